The van der Waals surface area contributed by atoms with Gasteiger partial charge in [-0.25, -0.2) is 9.97 Å². The summed E-state index contributed by atoms with van der Waals surface area (Å²) in [4.78, 5) is 29.1. The van der Waals surface area contributed by atoms with Crippen LogP contribution in [0.5, 0.6) is 5.75 Å². The number of aromatic nitrogens is 4. The summed E-state index contributed by atoms with van der Waals surface area (Å²) in [5.74, 6) is 1.82. The van der Waals surface area contributed by atoms with Crippen molar-refractivity contribution < 1.29 is 9.53 Å². The van der Waals surface area contributed by atoms with Crippen molar-refractivity contribution in [1.82, 2.24) is 29.4 Å². The third-order valence-electron chi connectivity index (χ3n) is 7.52. The topological polar surface area (TPSA) is 96.4 Å². The van der Waals surface area contributed by atoms with Crippen molar-refractivity contribution in [2.24, 2.45) is 5.92 Å². The SMILES string of the molecule is COc1cc2nnsc2cc1Nc1ncnc2sc3c(c12)CC[C@H](C(=O)N1CCC(N(C)C)CC1)C3. The van der Waals surface area contributed by atoms with Crippen LogP contribution < -0.4 is 10.1 Å². The number of thiophene rings is 1. The minimum absolute atomic E-state index is 0.0483. The van der Waals surface area contributed by atoms with E-state index in [2.05, 4.69) is 48.8 Å². The zero-order valence-corrected chi connectivity index (χ0v) is 22.3. The summed E-state index contributed by atoms with van der Waals surface area (Å²) in [5.41, 5.74) is 2.90. The molecule has 3 aromatic heterocycles. The number of aryl methyl sites for hydroxylation is 1. The first kappa shape index (κ1) is 23.5. The summed E-state index contributed by atoms with van der Waals surface area (Å²) >= 11 is 3.04. The molecule has 2 aliphatic rings. The molecule has 0 radical (unpaired) electrons. The molecular formula is C25H29N7O2S2. The molecule has 0 unspecified atom stereocenters. The van der Waals surface area contributed by atoms with Gasteiger partial charge in [0.05, 0.1) is 22.9 Å². The van der Waals surface area contributed by atoms with Crippen molar-refractivity contribution in [3.05, 3.63) is 28.9 Å². The van der Waals surface area contributed by atoms with E-state index in [1.54, 1.807) is 24.8 Å². The summed E-state index contributed by atoms with van der Waals surface area (Å²) in [6.45, 7) is 1.72. The second-order valence-corrected chi connectivity index (χ2v) is 11.7. The Hall–Kier alpha value is -2.89. The molecule has 1 amide bonds. The number of benzene rings is 1. The summed E-state index contributed by atoms with van der Waals surface area (Å²) < 4.78 is 10.6. The number of nitrogens with one attached hydrogen (secondary N) is 1. The number of carbonyl (C=O) groups is 1. The number of likely N-dealkylation sites (tertiary alicyclic amines) is 1. The lowest BCUT2D eigenvalue weighted by Gasteiger charge is -2.37. The Balaban J connectivity index is 1.25. The lowest BCUT2D eigenvalue weighted by atomic mass is 9.86. The van der Waals surface area contributed by atoms with Gasteiger partial charge in [-0.1, -0.05) is 4.49 Å². The summed E-state index contributed by atoms with van der Waals surface area (Å²) in [6, 6.07) is 4.46. The molecule has 0 saturated carbocycles. The van der Waals surface area contributed by atoms with Gasteiger partial charge < -0.3 is 19.9 Å². The number of ether oxygens (including phenoxy) is 1. The lowest BCUT2D eigenvalue weighted by Crippen LogP contribution is -2.47. The van der Waals surface area contributed by atoms with Gasteiger partial charge in [-0.05, 0) is 69.4 Å². The van der Waals surface area contributed by atoms with E-state index in [1.807, 2.05) is 12.1 Å². The van der Waals surface area contributed by atoms with Gasteiger partial charge in [0.25, 0.3) is 0 Å². The van der Waals surface area contributed by atoms with E-state index in [-0.39, 0.29) is 5.92 Å². The summed E-state index contributed by atoms with van der Waals surface area (Å²) in [6.07, 6.45) is 6.21. The van der Waals surface area contributed by atoms with Crippen LogP contribution in [-0.4, -0.2) is 75.6 Å². The number of hydrogen-bond acceptors (Lipinski definition) is 10. The molecule has 1 N–H and O–H groups in total. The quantitative estimate of drug-likeness (QED) is 0.418. The maximum absolute atomic E-state index is 13.4. The second kappa shape index (κ2) is 9.53. The average Bonchev–Trinajstić information content (AvgIpc) is 3.51. The van der Waals surface area contributed by atoms with Crippen LogP contribution in [0.3, 0.4) is 0 Å². The van der Waals surface area contributed by atoms with Gasteiger partial charge in [0.1, 0.15) is 28.2 Å². The van der Waals surface area contributed by atoms with Gasteiger partial charge in [0, 0.05) is 36.0 Å². The zero-order chi connectivity index (χ0) is 24.8. The zero-order valence-electron chi connectivity index (χ0n) is 20.7. The number of hydrogen-bond donors (Lipinski definition) is 1. The van der Waals surface area contributed by atoms with Crippen molar-refractivity contribution >= 4 is 60.7 Å². The van der Waals surface area contributed by atoms with E-state index < -0.39 is 0 Å². The van der Waals surface area contributed by atoms with Crippen LogP contribution in [0.25, 0.3) is 20.4 Å². The van der Waals surface area contributed by atoms with Crippen LogP contribution in [0.2, 0.25) is 0 Å². The monoisotopic (exact) mass is 523 g/mol. The predicted octanol–water partition coefficient (Wildman–Crippen LogP) is 4.11. The number of methoxy groups -OCH3 is 1. The Morgan fingerprint density at radius 2 is 2.03 bits per heavy atom. The number of anilines is 2. The third-order valence-corrected chi connectivity index (χ3v) is 9.37. The molecule has 11 heteroatoms. The van der Waals surface area contributed by atoms with Gasteiger partial charge in [-0.3, -0.25) is 4.79 Å². The highest BCUT2D eigenvalue weighted by atomic mass is 32.1. The van der Waals surface area contributed by atoms with Crippen LogP contribution in [0.15, 0.2) is 18.5 Å². The Labute approximate surface area is 217 Å². The highest BCUT2D eigenvalue weighted by Gasteiger charge is 2.33. The summed E-state index contributed by atoms with van der Waals surface area (Å²) in [7, 11) is 5.90. The maximum atomic E-state index is 13.4. The third kappa shape index (κ3) is 4.18. The van der Waals surface area contributed by atoms with E-state index in [9.17, 15) is 4.79 Å². The Morgan fingerprint density at radius 1 is 1.19 bits per heavy atom. The van der Waals surface area contributed by atoms with Gasteiger partial charge in [-0.2, -0.15) is 0 Å². The van der Waals surface area contributed by atoms with Crippen molar-refractivity contribution in [1.29, 1.82) is 0 Å². The molecule has 188 valence electrons. The molecule has 1 saturated heterocycles. The lowest BCUT2D eigenvalue weighted by molar-refractivity contribution is -0.137. The fraction of sp³-hybridized carbons (Fsp3) is 0.480. The van der Waals surface area contributed by atoms with Crippen molar-refractivity contribution in [2.75, 3.05) is 39.6 Å². The van der Waals surface area contributed by atoms with Gasteiger partial charge in [-0.15, -0.1) is 16.4 Å². The molecule has 4 heterocycles. The Kier molecular flexibility index (Phi) is 6.22. The Morgan fingerprint density at radius 3 is 2.81 bits per heavy atom. The van der Waals surface area contributed by atoms with Crippen LogP contribution in [0.1, 0.15) is 29.7 Å². The van der Waals surface area contributed by atoms with Crippen LogP contribution in [0, 0.1) is 5.92 Å². The van der Waals surface area contributed by atoms with E-state index in [1.165, 1.54) is 22.0 Å². The molecule has 9 nitrogen and oxygen atoms in total. The molecule has 1 fully saturated rings. The largest absolute Gasteiger partial charge is 0.494 e. The summed E-state index contributed by atoms with van der Waals surface area (Å²) in [5, 5.41) is 8.69. The average molecular weight is 524 g/mol. The molecule has 1 aliphatic heterocycles. The highest BCUT2D eigenvalue weighted by Crippen LogP contribution is 2.42. The van der Waals surface area contributed by atoms with Gasteiger partial charge in [0.15, 0.2) is 0 Å². The number of rotatable bonds is 5. The molecule has 36 heavy (non-hydrogen) atoms. The number of amides is 1. The first-order valence-electron chi connectivity index (χ1n) is 12.3. The first-order valence-corrected chi connectivity index (χ1v) is 13.9. The van der Waals surface area contributed by atoms with Gasteiger partial charge in [0.2, 0.25) is 5.91 Å². The fourth-order valence-electron chi connectivity index (χ4n) is 5.48. The van der Waals surface area contributed by atoms with Crippen molar-refractivity contribution in [3.63, 3.8) is 0 Å². The van der Waals surface area contributed by atoms with Crippen LogP contribution in [0.4, 0.5) is 11.5 Å². The van der Waals surface area contributed by atoms with Crippen LogP contribution >= 0.6 is 22.9 Å². The van der Waals surface area contributed by atoms with E-state index in [0.717, 1.165) is 77.1 Å². The smallest absolute Gasteiger partial charge is 0.226 e. The molecule has 1 aromatic carbocycles. The number of carbonyl (C=O) groups excluding carboxylic acids is 1. The minimum Gasteiger partial charge on any atom is -0.494 e. The molecule has 1 atom stereocenters. The van der Waals surface area contributed by atoms with Crippen molar-refractivity contribution in [2.45, 2.75) is 38.1 Å². The predicted molar refractivity (Wildman–Crippen MR) is 143 cm³/mol. The van der Waals surface area contributed by atoms with E-state index in [0.29, 0.717) is 17.7 Å². The van der Waals surface area contributed by atoms with Crippen LogP contribution in [-0.2, 0) is 17.6 Å². The standard InChI is InChI=1S/C25H29N7O2S2/c1-31(2)15-6-8-32(9-7-15)25(33)14-4-5-16-20(10-14)35-24-22(16)23(26-13-27-24)28-17-12-21-18(29-30-36-21)11-19(17)34-3/h11-15H,4-10H2,1-3H3,(H,26,27,28)/t14-/m0/s1. The normalized spacial score (nSPS) is 18.7. The van der Waals surface area contributed by atoms with Crippen molar-refractivity contribution in [3.8, 4) is 5.75 Å². The number of nitrogens with zero attached hydrogens (tertiary/aromatic N) is 6. The fourth-order valence-corrected chi connectivity index (χ4v) is 7.33. The number of fused-ring (bicyclic) bond motifs is 4. The first-order chi connectivity index (χ1) is 17.5. The van der Waals surface area contributed by atoms with E-state index >= 15 is 0 Å². The molecule has 4 aromatic rings. The minimum atomic E-state index is 0.0483. The molecule has 1 aliphatic carbocycles. The molecular weight excluding hydrogens is 494 g/mol. The second-order valence-electron chi connectivity index (χ2n) is 9.78. The molecule has 0 spiro atoms. The van der Waals surface area contributed by atoms with Gasteiger partial charge >= 0.3 is 0 Å². The van der Waals surface area contributed by atoms with E-state index in [4.69, 9.17) is 4.74 Å². The molecule has 0 bridgehead atoms. The highest BCUT2D eigenvalue weighted by molar-refractivity contribution is 7.19. The Bertz CT molecular complexity index is 1420. The molecule has 6 rings (SSSR count). The number of piperidine rings is 1. The maximum Gasteiger partial charge on any atom is 0.226 e.